The van der Waals surface area contributed by atoms with Crippen molar-refractivity contribution in [1.29, 1.82) is 0 Å². The number of methoxy groups -OCH3 is 1. The summed E-state index contributed by atoms with van der Waals surface area (Å²) in [5.74, 6) is -2.14. The Morgan fingerprint density at radius 2 is 1.97 bits per heavy atom. The molecule has 2 aliphatic rings. The molecular formula is C28H32F2N6O2. The van der Waals surface area contributed by atoms with E-state index in [1.54, 1.807) is 30.2 Å². The lowest BCUT2D eigenvalue weighted by molar-refractivity contribution is 0.0130. The Morgan fingerprint density at radius 1 is 1.18 bits per heavy atom. The molecule has 1 saturated carbocycles. The van der Waals surface area contributed by atoms with Crippen LogP contribution in [0.25, 0.3) is 28.1 Å². The number of ether oxygens (including phenoxy) is 1. The second-order valence-corrected chi connectivity index (χ2v) is 10.8. The number of hydrogen-bond donors (Lipinski definition) is 1. The maximum absolute atomic E-state index is 14.1. The highest BCUT2D eigenvalue weighted by Gasteiger charge is 2.30. The molecule has 0 bridgehead atoms. The van der Waals surface area contributed by atoms with E-state index in [2.05, 4.69) is 4.98 Å². The molecule has 2 N–H and O–H groups in total. The third-order valence-corrected chi connectivity index (χ3v) is 7.69. The summed E-state index contributed by atoms with van der Waals surface area (Å²) < 4.78 is 37.8. The molecule has 8 nitrogen and oxygen atoms in total. The SMILES string of the molecule is COc1cc(C(=O)N2CCC[C@@H](N)C2)cc2nc(-c3cc4ccc(C(C)(F)F)nc4n3CC3CC3)c(C)n12. The lowest BCUT2D eigenvalue weighted by Crippen LogP contribution is -2.45. The molecule has 6 rings (SSSR count). The number of nitrogens with zero attached hydrogens (tertiary/aromatic N) is 5. The van der Waals surface area contributed by atoms with Gasteiger partial charge in [0, 0.05) is 49.6 Å². The second-order valence-electron chi connectivity index (χ2n) is 10.8. The summed E-state index contributed by atoms with van der Waals surface area (Å²) in [5.41, 5.74) is 9.82. The number of carbonyl (C=O) groups is 1. The molecule has 1 aliphatic carbocycles. The number of imidazole rings is 1. The molecule has 1 aliphatic heterocycles. The maximum atomic E-state index is 14.1. The molecule has 4 aromatic rings. The van der Waals surface area contributed by atoms with E-state index in [9.17, 15) is 13.6 Å². The number of carbonyl (C=O) groups excluding carboxylic acids is 1. The smallest absolute Gasteiger partial charge is 0.287 e. The van der Waals surface area contributed by atoms with Crippen LogP contribution in [-0.2, 0) is 12.5 Å². The fraction of sp³-hybridized carbons (Fsp3) is 0.464. The van der Waals surface area contributed by atoms with E-state index in [0.717, 1.165) is 49.4 Å². The van der Waals surface area contributed by atoms with Gasteiger partial charge in [-0.3, -0.25) is 9.20 Å². The minimum atomic E-state index is -3.03. The van der Waals surface area contributed by atoms with E-state index in [0.29, 0.717) is 54.0 Å². The van der Waals surface area contributed by atoms with Gasteiger partial charge in [-0.2, -0.15) is 8.78 Å². The standard InChI is InChI=1S/C28H32F2N6O2/c1-16-25(21-11-18-8-9-22(28(2,29)30)32-26(18)35(21)14-17-6-7-17)33-23-12-19(13-24(38-3)36(16)23)27(37)34-10-4-5-20(31)15-34/h8-9,11-13,17,20H,4-7,10,14-15,31H2,1-3H3/t20-/m1/s1. The highest BCUT2D eigenvalue weighted by Crippen LogP contribution is 2.38. The van der Waals surface area contributed by atoms with Crippen molar-refractivity contribution in [3.05, 3.63) is 47.3 Å². The van der Waals surface area contributed by atoms with Gasteiger partial charge < -0.3 is 19.9 Å². The molecule has 200 valence electrons. The zero-order valence-electron chi connectivity index (χ0n) is 21.9. The van der Waals surface area contributed by atoms with Crippen LogP contribution in [0.2, 0.25) is 0 Å². The van der Waals surface area contributed by atoms with Crippen molar-refractivity contribution in [3.63, 3.8) is 0 Å². The molecule has 1 atom stereocenters. The van der Waals surface area contributed by atoms with Crippen molar-refractivity contribution in [1.82, 2.24) is 23.8 Å². The van der Waals surface area contributed by atoms with Crippen LogP contribution in [0.1, 0.15) is 54.4 Å². The Hall–Kier alpha value is -3.53. The average Bonchev–Trinajstić information content (AvgIpc) is 3.56. The third-order valence-electron chi connectivity index (χ3n) is 7.69. The number of amides is 1. The van der Waals surface area contributed by atoms with Gasteiger partial charge in [0.25, 0.3) is 11.8 Å². The fourth-order valence-electron chi connectivity index (χ4n) is 5.48. The predicted octanol–water partition coefficient (Wildman–Crippen LogP) is 4.75. The number of halogens is 2. The van der Waals surface area contributed by atoms with Crippen molar-refractivity contribution < 1.29 is 18.3 Å². The molecule has 1 amide bonds. The number of aromatic nitrogens is 4. The van der Waals surface area contributed by atoms with Gasteiger partial charge in [0.2, 0.25) is 0 Å². The minimum absolute atomic E-state index is 0.0197. The number of likely N-dealkylation sites (tertiary alicyclic amines) is 1. The Labute approximate surface area is 219 Å². The zero-order valence-corrected chi connectivity index (χ0v) is 21.9. The molecule has 0 spiro atoms. The lowest BCUT2D eigenvalue weighted by Gasteiger charge is -2.30. The summed E-state index contributed by atoms with van der Waals surface area (Å²) in [6, 6.07) is 8.55. The maximum Gasteiger partial charge on any atom is 0.287 e. The summed E-state index contributed by atoms with van der Waals surface area (Å²) in [7, 11) is 1.57. The first-order chi connectivity index (χ1) is 18.1. The Bertz CT molecular complexity index is 1550. The molecule has 2 fully saturated rings. The van der Waals surface area contributed by atoms with Crippen molar-refractivity contribution >= 4 is 22.6 Å². The van der Waals surface area contributed by atoms with Crippen molar-refractivity contribution in [2.45, 2.75) is 58.0 Å². The van der Waals surface area contributed by atoms with Gasteiger partial charge in [0.1, 0.15) is 22.7 Å². The first-order valence-corrected chi connectivity index (χ1v) is 13.1. The van der Waals surface area contributed by atoms with Crippen LogP contribution in [0.5, 0.6) is 5.88 Å². The highest BCUT2D eigenvalue weighted by atomic mass is 19.3. The van der Waals surface area contributed by atoms with Crippen LogP contribution in [0.4, 0.5) is 8.78 Å². The quantitative estimate of drug-likeness (QED) is 0.395. The van der Waals surface area contributed by atoms with Crippen LogP contribution < -0.4 is 10.5 Å². The van der Waals surface area contributed by atoms with E-state index >= 15 is 0 Å². The van der Waals surface area contributed by atoms with Crippen molar-refractivity contribution in [2.75, 3.05) is 20.2 Å². The van der Waals surface area contributed by atoms with Gasteiger partial charge in [-0.15, -0.1) is 0 Å². The number of alkyl halides is 2. The van der Waals surface area contributed by atoms with E-state index in [-0.39, 0.29) is 17.6 Å². The number of piperidine rings is 1. The van der Waals surface area contributed by atoms with Crippen LogP contribution in [0.3, 0.4) is 0 Å². The van der Waals surface area contributed by atoms with Crippen molar-refractivity contribution in [2.24, 2.45) is 11.7 Å². The molecule has 1 saturated heterocycles. The Kier molecular flexibility index (Phi) is 5.90. The number of pyridine rings is 2. The molecular weight excluding hydrogens is 490 g/mol. The third kappa shape index (κ3) is 4.30. The fourth-order valence-corrected chi connectivity index (χ4v) is 5.48. The molecule has 38 heavy (non-hydrogen) atoms. The topological polar surface area (TPSA) is 90.7 Å². The molecule has 0 unspecified atom stereocenters. The Morgan fingerprint density at radius 3 is 2.66 bits per heavy atom. The minimum Gasteiger partial charge on any atom is -0.482 e. The van der Waals surface area contributed by atoms with Gasteiger partial charge in [0.15, 0.2) is 5.88 Å². The van der Waals surface area contributed by atoms with E-state index in [1.807, 2.05) is 22.0 Å². The van der Waals surface area contributed by atoms with Crippen LogP contribution in [0, 0.1) is 12.8 Å². The zero-order chi connectivity index (χ0) is 26.8. The van der Waals surface area contributed by atoms with Crippen molar-refractivity contribution in [3.8, 4) is 17.3 Å². The Balaban J connectivity index is 1.49. The monoisotopic (exact) mass is 522 g/mol. The lowest BCUT2D eigenvalue weighted by atomic mass is 10.1. The van der Waals surface area contributed by atoms with E-state index in [4.69, 9.17) is 15.5 Å². The molecule has 10 heteroatoms. The van der Waals surface area contributed by atoms with Gasteiger partial charge in [-0.1, -0.05) is 0 Å². The van der Waals surface area contributed by atoms with Gasteiger partial charge >= 0.3 is 0 Å². The summed E-state index contributed by atoms with van der Waals surface area (Å²) in [5, 5.41) is 0.786. The number of fused-ring (bicyclic) bond motifs is 2. The number of aryl methyl sites for hydroxylation is 1. The molecule has 4 aromatic heterocycles. The summed E-state index contributed by atoms with van der Waals surface area (Å²) in [6.07, 6.45) is 4.00. The second kappa shape index (κ2) is 9.04. The number of hydrogen-bond acceptors (Lipinski definition) is 5. The largest absolute Gasteiger partial charge is 0.482 e. The van der Waals surface area contributed by atoms with Crippen LogP contribution in [-0.4, -0.2) is 56.0 Å². The summed E-state index contributed by atoms with van der Waals surface area (Å²) >= 11 is 0. The van der Waals surface area contributed by atoms with Gasteiger partial charge in [-0.25, -0.2) is 9.97 Å². The van der Waals surface area contributed by atoms with Gasteiger partial charge in [-0.05, 0) is 62.8 Å². The number of rotatable bonds is 6. The molecule has 0 radical (unpaired) electrons. The summed E-state index contributed by atoms with van der Waals surface area (Å²) in [4.78, 5) is 24.4. The first-order valence-electron chi connectivity index (χ1n) is 13.1. The summed E-state index contributed by atoms with van der Waals surface area (Å²) in [6.45, 7) is 4.70. The van der Waals surface area contributed by atoms with Gasteiger partial charge in [0.05, 0.1) is 18.5 Å². The first kappa shape index (κ1) is 24.8. The van der Waals surface area contributed by atoms with E-state index < -0.39 is 5.92 Å². The molecule has 0 aromatic carbocycles. The van der Waals surface area contributed by atoms with Crippen LogP contribution >= 0.6 is 0 Å². The molecule has 5 heterocycles. The predicted molar refractivity (Wildman–Crippen MR) is 141 cm³/mol. The highest BCUT2D eigenvalue weighted by molar-refractivity contribution is 5.96. The van der Waals surface area contributed by atoms with E-state index in [1.165, 1.54) is 6.07 Å². The average molecular weight is 523 g/mol. The van der Waals surface area contributed by atoms with Crippen LogP contribution in [0.15, 0.2) is 30.3 Å². The number of nitrogens with two attached hydrogens (primary N) is 1. The normalized spacial score (nSPS) is 18.5.